The van der Waals surface area contributed by atoms with Crippen LogP contribution in [0.15, 0.2) is 6.20 Å². The Balaban J connectivity index is 2.29. The molecule has 0 fully saturated rings. The molecule has 100 valence electrons. The monoisotopic (exact) mass is 283 g/mol. The lowest BCUT2D eigenvalue weighted by molar-refractivity contribution is -0.386. The average molecular weight is 283 g/mol. The lowest BCUT2D eigenvalue weighted by Gasteiger charge is -1.98. The minimum Gasteiger partial charge on any atom is -0.475 e. The first-order chi connectivity index (χ1) is 9.02. The van der Waals surface area contributed by atoms with Crippen LogP contribution in [0.5, 0.6) is 5.88 Å². The number of aryl methyl sites for hydroxylation is 1. The van der Waals surface area contributed by atoms with Gasteiger partial charge >= 0.3 is 11.6 Å². The summed E-state index contributed by atoms with van der Waals surface area (Å²) in [5.74, 6) is -0.942. The third-order valence-corrected chi connectivity index (χ3v) is 2.98. The van der Waals surface area contributed by atoms with Gasteiger partial charge in [-0.15, -0.1) is 16.4 Å². The van der Waals surface area contributed by atoms with Gasteiger partial charge in [0.1, 0.15) is 0 Å². The van der Waals surface area contributed by atoms with Crippen molar-refractivity contribution in [2.75, 3.05) is 12.4 Å². The molecule has 0 saturated carbocycles. The molecule has 2 rings (SSSR count). The first-order valence-corrected chi connectivity index (χ1v) is 5.85. The second-order valence-electron chi connectivity index (χ2n) is 3.44. The number of nitrogens with zero attached hydrogens (tertiary/aromatic N) is 3. The third-order valence-electron chi connectivity index (χ3n) is 2.15. The molecule has 2 aromatic rings. The molecule has 0 aliphatic heterocycles. The lowest BCUT2D eigenvalue weighted by atomic mass is 10.3. The number of hydrogen-bond acceptors (Lipinski definition) is 7. The van der Waals surface area contributed by atoms with E-state index in [-0.39, 0.29) is 11.6 Å². The van der Waals surface area contributed by atoms with Gasteiger partial charge in [-0.05, 0) is 6.92 Å². The average Bonchev–Trinajstić information content (AvgIpc) is 2.94. The summed E-state index contributed by atoms with van der Waals surface area (Å²) in [7, 11) is 1.23. The van der Waals surface area contributed by atoms with E-state index in [0.717, 1.165) is 4.88 Å². The number of thiazole rings is 1. The van der Waals surface area contributed by atoms with E-state index in [2.05, 4.69) is 20.5 Å². The number of nitro groups is 1. The van der Waals surface area contributed by atoms with E-state index in [0.29, 0.717) is 5.13 Å². The van der Waals surface area contributed by atoms with Crippen LogP contribution in [0, 0.1) is 17.0 Å². The van der Waals surface area contributed by atoms with Crippen LogP contribution in [-0.4, -0.2) is 33.1 Å². The van der Waals surface area contributed by atoms with Gasteiger partial charge < -0.3 is 4.74 Å². The summed E-state index contributed by atoms with van der Waals surface area (Å²) in [4.78, 5) is 26.9. The van der Waals surface area contributed by atoms with Crippen LogP contribution in [0.4, 0.5) is 10.8 Å². The number of rotatable bonds is 4. The fourth-order valence-electron chi connectivity index (χ4n) is 1.36. The first-order valence-electron chi connectivity index (χ1n) is 5.03. The number of nitrogens with one attached hydrogen (secondary N) is 2. The zero-order chi connectivity index (χ0) is 14.0. The number of methoxy groups -OCH3 is 1. The Morgan fingerprint density at radius 2 is 2.37 bits per heavy atom. The Labute approximate surface area is 110 Å². The highest BCUT2D eigenvalue weighted by molar-refractivity contribution is 7.15. The van der Waals surface area contributed by atoms with Crippen LogP contribution in [0.2, 0.25) is 0 Å². The van der Waals surface area contributed by atoms with Crippen LogP contribution in [-0.2, 0) is 0 Å². The molecule has 0 aromatic carbocycles. The van der Waals surface area contributed by atoms with Crippen LogP contribution < -0.4 is 10.1 Å². The highest BCUT2D eigenvalue weighted by atomic mass is 32.1. The molecule has 1 amide bonds. The molecule has 2 aromatic heterocycles. The first kappa shape index (κ1) is 13.0. The Morgan fingerprint density at radius 1 is 1.63 bits per heavy atom. The SMILES string of the molecule is COc1n[nH]c(C(=O)Nc2ncc(C)s2)c1[N+](=O)[O-]. The maximum atomic E-state index is 11.9. The van der Waals surface area contributed by atoms with Gasteiger partial charge in [0, 0.05) is 11.1 Å². The van der Waals surface area contributed by atoms with Crippen molar-refractivity contribution in [3.05, 3.63) is 26.9 Å². The number of ether oxygens (including phenoxy) is 1. The molecule has 0 radical (unpaired) electrons. The second-order valence-corrected chi connectivity index (χ2v) is 4.68. The van der Waals surface area contributed by atoms with Gasteiger partial charge in [0.25, 0.3) is 5.91 Å². The Hall–Kier alpha value is -2.49. The van der Waals surface area contributed by atoms with Crippen molar-refractivity contribution in [1.82, 2.24) is 15.2 Å². The van der Waals surface area contributed by atoms with Crippen molar-refractivity contribution < 1.29 is 14.5 Å². The Morgan fingerprint density at radius 3 is 2.89 bits per heavy atom. The number of hydrogen-bond donors (Lipinski definition) is 2. The van der Waals surface area contributed by atoms with Gasteiger partial charge in [-0.3, -0.25) is 25.3 Å². The normalized spacial score (nSPS) is 10.2. The number of anilines is 1. The van der Waals surface area contributed by atoms with Gasteiger partial charge in [-0.2, -0.15) is 0 Å². The predicted octanol–water partition coefficient (Wildman–Crippen LogP) is 1.34. The molecule has 0 unspecified atom stereocenters. The molecule has 0 bridgehead atoms. The third kappa shape index (κ3) is 2.52. The number of aromatic nitrogens is 3. The molecule has 0 atom stereocenters. The van der Waals surface area contributed by atoms with Crippen molar-refractivity contribution in [3.63, 3.8) is 0 Å². The number of amides is 1. The second kappa shape index (κ2) is 5.02. The molecule has 19 heavy (non-hydrogen) atoms. The van der Waals surface area contributed by atoms with Crippen LogP contribution in [0.25, 0.3) is 0 Å². The molecular formula is C9H9N5O4S. The summed E-state index contributed by atoms with van der Waals surface area (Å²) in [5.41, 5.74) is -0.789. The molecule has 0 aliphatic rings. The van der Waals surface area contributed by atoms with Gasteiger partial charge in [0.05, 0.1) is 12.0 Å². The fourth-order valence-corrected chi connectivity index (χ4v) is 2.02. The molecular weight excluding hydrogens is 274 g/mol. The van der Waals surface area contributed by atoms with Gasteiger partial charge in [0.15, 0.2) is 5.13 Å². The van der Waals surface area contributed by atoms with E-state index in [1.54, 1.807) is 6.20 Å². The summed E-state index contributed by atoms with van der Waals surface area (Å²) in [6, 6.07) is 0. The minimum absolute atomic E-state index is 0.245. The van der Waals surface area contributed by atoms with Crippen LogP contribution in [0.1, 0.15) is 15.4 Å². The number of H-pyrrole nitrogens is 1. The fraction of sp³-hybridized carbons (Fsp3) is 0.222. The predicted molar refractivity (Wildman–Crippen MR) is 66.6 cm³/mol. The molecule has 10 heteroatoms. The highest BCUT2D eigenvalue weighted by Crippen LogP contribution is 2.28. The van der Waals surface area contributed by atoms with E-state index in [9.17, 15) is 14.9 Å². The number of carbonyl (C=O) groups excluding carboxylic acids is 1. The molecule has 2 N–H and O–H groups in total. The van der Waals surface area contributed by atoms with Crippen molar-refractivity contribution in [2.45, 2.75) is 6.92 Å². The Kier molecular flexibility index (Phi) is 3.42. The minimum atomic E-state index is -0.732. The standard InChI is InChI=1S/C9H9N5O4S/c1-4-3-10-9(19-4)11-7(15)5-6(14(16)17)8(18-2)13-12-5/h3H,1-2H3,(H,12,13)(H,10,11,15). The molecule has 0 aliphatic carbocycles. The van der Waals surface area contributed by atoms with E-state index in [4.69, 9.17) is 4.74 Å². The molecule has 0 saturated heterocycles. The molecule has 2 heterocycles. The van der Waals surface area contributed by atoms with Gasteiger partial charge in [0.2, 0.25) is 5.69 Å². The smallest absolute Gasteiger partial charge is 0.362 e. The van der Waals surface area contributed by atoms with Crippen molar-refractivity contribution >= 4 is 28.1 Å². The maximum absolute atomic E-state index is 11.9. The number of aromatic amines is 1. The highest BCUT2D eigenvalue weighted by Gasteiger charge is 2.30. The van der Waals surface area contributed by atoms with Crippen LogP contribution >= 0.6 is 11.3 Å². The van der Waals surface area contributed by atoms with E-state index in [1.165, 1.54) is 18.4 Å². The van der Waals surface area contributed by atoms with Crippen LogP contribution in [0.3, 0.4) is 0 Å². The van der Waals surface area contributed by atoms with E-state index in [1.807, 2.05) is 6.92 Å². The van der Waals surface area contributed by atoms with E-state index < -0.39 is 16.5 Å². The summed E-state index contributed by atoms with van der Waals surface area (Å²) in [6.07, 6.45) is 1.59. The summed E-state index contributed by atoms with van der Waals surface area (Å²) in [5, 5.41) is 19.5. The zero-order valence-electron chi connectivity index (χ0n) is 9.96. The van der Waals surface area contributed by atoms with Crippen molar-refractivity contribution in [1.29, 1.82) is 0 Å². The topological polar surface area (TPSA) is 123 Å². The summed E-state index contributed by atoms with van der Waals surface area (Å²) < 4.78 is 4.71. The zero-order valence-corrected chi connectivity index (χ0v) is 10.8. The van der Waals surface area contributed by atoms with Crippen molar-refractivity contribution in [3.8, 4) is 5.88 Å². The molecule has 0 spiro atoms. The molecule has 9 nitrogen and oxygen atoms in total. The van der Waals surface area contributed by atoms with E-state index >= 15 is 0 Å². The number of carbonyl (C=O) groups is 1. The maximum Gasteiger partial charge on any atom is 0.362 e. The summed E-state index contributed by atoms with van der Waals surface area (Å²) in [6.45, 7) is 1.83. The summed E-state index contributed by atoms with van der Waals surface area (Å²) >= 11 is 1.26. The van der Waals surface area contributed by atoms with Gasteiger partial charge in [-0.25, -0.2) is 4.98 Å². The Bertz CT molecular complexity index is 634. The van der Waals surface area contributed by atoms with Crippen molar-refractivity contribution in [2.24, 2.45) is 0 Å². The van der Waals surface area contributed by atoms with Gasteiger partial charge in [-0.1, -0.05) is 0 Å². The lowest BCUT2D eigenvalue weighted by Crippen LogP contribution is -2.14. The largest absolute Gasteiger partial charge is 0.475 e. The quantitative estimate of drug-likeness (QED) is 0.644.